The van der Waals surface area contributed by atoms with Gasteiger partial charge >= 0.3 is 0 Å². The van der Waals surface area contributed by atoms with E-state index in [1.165, 1.54) is 12.8 Å². The summed E-state index contributed by atoms with van der Waals surface area (Å²) in [6, 6.07) is 10.2. The Labute approximate surface area is 108 Å². The Morgan fingerprint density at radius 2 is 2.00 bits per heavy atom. The summed E-state index contributed by atoms with van der Waals surface area (Å²) in [4.78, 5) is 11.5. The molecule has 1 amide bonds. The van der Waals surface area contributed by atoms with Gasteiger partial charge in [-0.25, -0.2) is 0 Å². The van der Waals surface area contributed by atoms with Gasteiger partial charge in [-0.3, -0.25) is 4.79 Å². The van der Waals surface area contributed by atoms with E-state index in [0.29, 0.717) is 25.6 Å². The molecule has 0 heterocycles. The summed E-state index contributed by atoms with van der Waals surface area (Å²) in [5, 5.41) is 6.22. The van der Waals surface area contributed by atoms with Crippen molar-refractivity contribution in [3.63, 3.8) is 0 Å². The van der Waals surface area contributed by atoms with E-state index in [4.69, 9.17) is 4.74 Å². The van der Waals surface area contributed by atoms with Crippen LogP contribution in [0.1, 0.15) is 19.3 Å². The lowest BCUT2D eigenvalue weighted by atomic mass is 10.3. The van der Waals surface area contributed by atoms with Crippen molar-refractivity contribution in [1.82, 2.24) is 10.6 Å². The lowest BCUT2D eigenvalue weighted by Gasteiger charge is -2.07. The molecule has 0 radical (unpaired) electrons. The second-order valence-corrected chi connectivity index (χ2v) is 4.49. The summed E-state index contributed by atoms with van der Waals surface area (Å²) in [5.74, 6) is 0.851. The average molecular weight is 248 g/mol. The molecule has 2 N–H and O–H groups in total. The summed E-state index contributed by atoms with van der Waals surface area (Å²) in [7, 11) is 0. The van der Waals surface area contributed by atoms with Crippen LogP contribution in [0.5, 0.6) is 5.75 Å². The zero-order valence-electron chi connectivity index (χ0n) is 10.5. The third-order valence-electron chi connectivity index (χ3n) is 2.80. The van der Waals surface area contributed by atoms with Gasteiger partial charge in [-0.05, 0) is 25.0 Å². The van der Waals surface area contributed by atoms with Gasteiger partial charge in [0.05, 0.1) is 13.0 Å². The molecule has 0 atom stereocenters. The van der Waals surface area contributed by atoms with Gasteiger partial charge in [0.25, 0.3) is 0 Å². The molecule has 1 aromatic carbocycles. The number of amides is 1. The van der Waals surface area contributed by atoms with E-state index in [0.717, 1.165) is 12.3 Å². The Hall–Kier alpha value is -1.55. The quantitative estimate of drug-likeness (QED) is 0.682. The molecule has 18 heavy (non-hydrogen) atoms. The van der Waals surface area contributed by atoms with Gasteiger partial charge in [-0.15, -0.1) is 0 Å². The highest BCUT2D eigenvalue weighted by Crippen LogP contribution is 2.17. The fourth-order valence-electron chi connectivity index (χ4n) is 1.63. The average Bonchev–Trinajstić information content (AvgIpc) is 3.20. The predicted molar refractivity (Wildman–Crippen MR) is 70.6 cm³/mol. The van der Waals surface area contributed by atoms with E-state index in [1.54, 1.807) is 0 Å². The Kier molecular flexibility index (Phi) is 5.02. The van der Waals surface area contributed by atoms with Crippen molar-refractivity contribution in [3.8, 4) is 5.75 Å². The van der Waals surface area contributed by atoms with Crippen molar-refractivity contribution in [2.75, 3.05) is 19.7 Å². The van der Waals surface area contributed by atoms with Crippen LogP contribution in [0.4, 0.5) is 0 Å². The molecule has 98 valence electrons. The van der Waals surface area contributed by atoms with E-state index >= 15 is 0 Å². The van der Waals surface area contributed by atoms with Crippen LogP contribution in [-0.2, 0) is 4.79 Å². The maximum absolute atomic E-state index is 11.5. The first-order chi connectivity index (χ1) is 8.84. The van der Waals surface area contributed by atoms with Gasteiger partial charge in [-0.2, -0.15) is 0 Å². The molecule has 1 saturated carbocycles. The van der Waals surface area contributed by atoms with Gasteiger partial charge in [0.15, 0.2) is 0 Å². The monoisotopic (exact) mass is 248 g/mol. The Morgan fingerprint density at radius 1 is 1.22 bits per heavy atom. The minimum absolute atomic E-state index is 0.0449. The van der Waals surface area contributed by atoms with Crippen LogP contribution in [0.3, 0.4) is 0 Å². The molecule has 4 nitrogen and oxygen atoms in total. The number of para-hydroxylation sites is 1. The Balaban J connectivity index is 1.49. The van der Waals surface area contributed by atoms with Gasteiger partial charge in [0.1, 0.15) is 5.75 Å². The highest BCUT2D eigenvalue weighted by molar-refractivity contribution is 5.75. The first-order valence-corrected chi connectivity index (χ1v) is 6.52. The Morgan fingerprint density at radius 3 is 2.72 bits per heavy atom. The number of nitrogens with one attached hydrogen (secondary N) is 2. The molecule has 0 spiro atoms. The van der Waals surface area contributed by atoms with E-state index < -0.39 is 0 Å². The number of benzene rings is 1. The number of carbonyl (C=O) groups excluding carboxylic acids is 1. The summed E-state index contributed by atoms with van der Waals surface area (Å²) in [6.07, 6.45) is 2.95. The number of carbonyl (C=O) groups is 1. The standard InChI is InChI=1S/C14H20N2O2/c17-14(16-10-9-15-12-6-7-12)8-11-18-13-4-2-1-3-5-13/h1-5,12,15H,6-11H2,(H,16,17). The summed E-state index contributed by atoms with van der Waals surface area (Å²) >= 11 is 0. The fourth-order valence-corrected chi connectivity index (χ4v) is 1.63. The minimum atomic E-state index is 0.0449. The van der Waals surface area contributed by atoms with Crippen molar-refractivity contribution in [2.24, 2.45) is 0 Å². The number of ether oxygens (including phenoxy) is 1. The number of rotatable bonds is 8. The third kappa shape index (κ3) is 5.19. The molecule has 0 aromatic heterocycles. The van der Waals surface area contributed by atoms with Gasteiger partial charge in [0, 0.05) is 19.1 Å². The smallest absolute Gasteiger partial charge is 0.223 e. The molecule has 0 unspecified atom stereocenters. The molecule has 1 aliphatic carbocycles. The first kappa shape index (κ1) is 12.9. The van der Waals surface area contributed by atoms with E-state index in [-0.39, 0.29) is 5.91 Å². The second-order valence-electron chi connectivity index (χ2n) is 4.49. The molecular formula is C14H20N2O2. The summed E-state index contributed by atoms with van der Waals surface area (Å²) < 4.78 is 5.45. The van der Waals surface area contributed by atoms with E-state index in [2.05, 4.69) is 10.6 Å². The molecule has 1 aliphatic rings. The van der Waals surface area contributed by atoms with Crippen LogP contribution in [0.2, 0.25) is 0 Å². The van der Waals surface area contributed by atoms with Crippen LogP contribution in [0.15, 0.2) is 30.3 Å². The molecule has 1 aromatic rings. The molecule has 0 saturated heterocycles. The van der Waals surface area contributed by atoms with Crippen LogP contribution >= 0.6 is 0 Å². The summed E-state index contributed by atoms with van der Waals surface area (Å²) in [6.45, 7) is 1.97. The van der Waals surface area contributed by atoms with Crippen LogP contribution in [0.25, 0.3) is 0 Å². The van der Waals surface area contributed by atoms with E-state index in [9.17, 15) is 4.79 Å². The second kappa shape index (κ2) is 7.01. The third-order valence-corrected chi connectivity index (χ3v) is 2.80. The molecule has 1 fully saturated rings. The van der Waals surface area contributed by atoms with Gasteiger partial charge in [-0.1, -0.05) is 18.2 Å². The van der Waals surface area contributed by atoms with Crippen molar-refractivity contribution in [3.05, 3.63) is 30.3 Å². The lowest BCUT2D eigenvalue weighted by molar-refractivity contribution is -0.121. The van der Waals surface area contributed by atoms with Gasteiger partial charge < -0.3 is 15.4 Å². The lowest BCUT2D eigenvalue weighted by Crippen LogP contribution is -2.33. The van der Waals surface area contributed by atoms with Crippen molar-refractivity contribution < 1.29 is 9.53 Å². The largest absolute Gasteiger partial charge is 0.493 e. The highest BCUT2D eigenvalue weighted by Gasteiger charge is 2.19. The van der Waals surface area contributed by atoms with Crippen molar-refractivity contribution in [2.45, 2.75) is 25.3 Å². The predicted octanol–water partition coefficient (Wildman–Crippen LogP) is 1.32. The number of hydrogen-bond donors (Lipinski definition) is 2. The Bertz CT molecular complexity index is 363. The SMILES string of the molecule is O=C(CCOc1ccccc1)NCCNC1CC1. The van der Waals surface area contributed by atoms with Crippen LogP contribution in [-0.4, -0.2) is 31.6 Å². The zero-order valence-corrected chi connectivity index (χ0v) is 10.5. The van der Waals surface area contributed by atoms with Crippen molar-refractivity contribution >= 4 is 5.91 Å². The number of hydrogen-bond acceptors (Lipinski definition) is 3. The fraction of sp³-hybridized carbons (Fsp3) is 0.500. The maximum atomic E-state index is 11.5. The van der Waals surface area contributed by atoms with Crippen LogP contribution in [0, 0.1) is 0 Å². The molecule has 4 heteroatoms. The molecule has 0 bridgehead atoms. The van der Waals surface area contributed by atoms with Crippen LogP contribution < -0.4 is 15.4 Å². The first-order valence-electron chi connectivity index (χ1n) is 6.52. The molecule has 2 rings (SSSR count). The maximum Gasteiger partial charge on any atom is 0.223 e. The molecular weight excluding hydrogens is 228 g/mol. The normalized spacial score (nSPS) is 14.2. The summed E-state index contributed by atoms with van der Waals surface area (Å²) in [5.41, 5.74) is 0. The highest BCUT2D eigenvalue weighted by atomic mass is 16.5. The topological polar surface area (TPSA) is 50.4 Å². The van der Waals surface area contributed by atoms with E-state index in [1.807, 2.05) is 30.3 Å². The minimum Gasteiger partial charge on any atom is -0.493 e. The zero-order chi connectivity index (χ0) is 12.6. The van der Waals surface area contributed by atoms with Gasteiger partial charge in [0.2, 0.25) is 5.91 Å². The molecule has 0 aliphatic heterocycles. The van der Waals surface area contributed by atoms with Crippen molar-refractivity contribution in [1.29, 1.82) is 0 Å².